The van der Waals surface area contributed by atoms with Crippen LogP contribution >= 0.6 is 0 Å². The van der Waals surface area contributed by atoms with Gasteiger partial charge in [-0.15, -0.1) is 0 Å². The van der Waals surface area contributed by atoms with Gasteiger partial charge in [0.05, 0.1) is 19.8 Å². The Balaban J connectivity index is 2.29. The monoisotopic (exact) mass is 264 g/mol. The molecule has 1 atom stereocenters. The SMILES string of the molecule is CCc1ccc(OC)c(C(CO)N2CCNCC2)c1. The van der Waals surface area contributed by atoms with Crippen LogP contribution in [0, 0.1) is 0 Å². The number of benzene rings is 1. The molecule has 0 aromatic heterocycles. The van der Waals surface area contributed by atoms with Crippen LogP contribution in [0.15, 0.2) is 18.2 Å². The summed E-state index contributed by atoms with van der Waals surface area (Å²) in [7, 11) is 1.69. The predicted octanol–water partition coefficient (Wildman–Crippen LogP) is 1.20. The van der Waals surface area contributed by atoms with E-state index < -0.39 is 0 Å². The number of aryl methyl sites for hydroxylation is 1. The van der Waals surface area contributed by atoms with E-state index >= 15 is 0 Å². The third-order valence-electron chi connectivity index (χ3n) is 3.83. The molecule has 1 aliphatic heterocycles. The highest BCUT2D eigenvalue weighted by molar-refractivity contribution is 5.39. The van der Waals surface area contributed by atoms with Gasteiger partial charge < -0.3 is 15.2 Å². The maximum Gasteiger partial charge on any atom is 0.123 e. The molecule has 1 fully saturated rings. The van der Waals surface area contributed by atoms with E-state index in [0.29, 0.717) is 0 Å². The topological polar surface area (TPSA) is 44.7 Å². The Morgan fingerprint density at radius 2 is 2.11 bits per heavy atom. The second-order valence-corrected chi connectivity index (χ2v) is 4.91. The van der Waals surface area contributed by atoms with E-state index in [2.05, 4.69) is 29.3 Å². The molecule has 1 heterocycles. The molecule has 1 aromatic rings. The minimum absolute atomic E-state index is 0.0311. The Kier molecular flexibility index (Phi) is 5.19. The van der Waals surface area contributed by atoms with Gasteiger partial charge in [-0.2, -0.15) is 0 Å². The van der Waals surface area contributed by atoms with Crippen LogP contribution in [0.5, 0.6) is 5.75 Å². The zero-order chi connectivity index (χ0) is 13.7. The number of nitrogens with one attached hydrogen (secondary N) is 1. The first kappa shape index (κ1) is 14.3. The molecule has 1 aliphatic rings. The van der Waals surface area contributed by atoms with E-state index in [-0.39, 0.29) is 12.6 Å². The number of nitrogens with zero attached hydrogens (tertiary/aromatic N) is 1. The van der Waals surface area contributed by atoms with Crippen molar-refractivity contribution in [3.63, 3.8) is 0 Å². The van der Waals surface area contributed by atoms with Gasteiger partial charge in [-0.1, -0.05) is 19.1 Å². The average molecular weight is 264 g/mol. The van der Waals surface area contributed by atoms with Crippen molar-refractivity contribution in [2.24, 2.45) is 0 Å². The molecule has 0 bridgehead atoms. The zero-order valence-electron chi connectivity index (χ0n) is 11.9. The van der Waals surface area contributed by atoms with Crippen LogP contribution in [0.1, 0.15) is 24.1 Å². The van der Waals surface area contributed by atoms with Crippen LogP contribution in [-0.4, -0.2) is 49.9 Å². The number of hydrogen-bond donors (Lipinski definition) is 2. The summed E-state index contributed by atoms with van der Waals surface area (Å²) in [6, 6.07) is 6.30. The van der Waals surface area contributed by atoms with Crippen molar-refractivity contribution in [2.75, 3.05) is 39.9 Å². The lowest BCUT2D eigenvalue weighted by molar-refractivity contribution is 0.109. The molecule has 0 aliphatic carbocycles. The van der Waals surface area contributed by atoms with E-state index in [1.165, 1.54) is 5.56 Å². The molecule has 1 aromatic carbocycles. The minimum atomic E-state index is 0.0311. The minimum Gasteiger partial charge on any atom is -0.496 e. The largest absolute Gasteiger partial charge is 0.496 e. The number of aliphatic hydroxyl groups excluding tert-OH is 1. The van der Waals surface area contributed by atoms with E-state index in [9.17, 15) is 5.11 Å². The second-order valence-electron chi connectivity index (χ2n) is 4.91. The fourth-order valence-electron chi connectivity index (χ4n) is 2.67. The first-order valence-electron chi connectivity index (χ1n) is 7.02. The number of aliphatic hydroxyl groups is 1. The van der Waals surface area contributed by atoms with Crippen LogP contribution in [0.4, 0.5) is 0 Å². The Morgan fingerprint density at radius 3 is 2.68 bits per heavy atom. The summed E-state index contributed by atoms with van der Waals surface area (Å²) >= 11 is 0. The summed E-state index contributed by atoms with van der Waals surface area (Å²) in [6.07, 6.45) is 0.997. The third-order valence-corrected chi connectivity index (χ3v) is 3.83. The molecule has 19 heavy (non-hydrogen) atoms. The van der Waals surface area contributed by atoms with Crippen molar-refractivity contribution >= 4 is 0 Å². The van der Waals surface area contributed by atoms with E-state index in [4.69, 9.17) is 4.74 Å². The molecule has 2 rings (SSSR count). The summed E-state index contributed by atoms with van der Waals surface area (Å²) in [5, 5.41) is 13.1. The summed E-state index contributed by atoms with van der Waals surface area (Å²) in [6.45, 7) is 6.15. The maximum absolute atomic E-state index is 9.80. The number of rotatable bonds is 5. The van der Waals surface area contributed by atoms with Gasteiger partial charge in [-0.05, 0) is 18.1 Å². The van der Waals surface area contributed by atoms with Crippen molar-refractivity contribution in [1.82, 2.24) is 10.2 Å². The first-order chi connectivity index (χ1) is 9.30. The summed E-state index contributed by atoms with van der Waals surface area (Å²) < 4.78 is 5.47. The van der Waals surface area contributed by atoms with E-state index in [1.54, 1.807) is 7.11 Å². The van der Waals surface area contributed by atoms with Gasteiger partial charge in [-0.3, -0.25) is 4.90 Å². The van der Waals surface area contributed by atoms with Crippen LogP contribution < -0.4 is 10.1 Å². The maximum atomic E-state index is 9.80. The summed E-state index contributed by atoms with van der Waals surface area (Å²) in [5.74, 6) is 0.870. The molecule has 0 saturated carbocycles. The number of ether oxygens (including phenoxy) is 1. The molecule has 2 N–H and O–H groups in total. The highest BCUT2D eigenvalue weighted by Crippen LogP contribution is 2.30. The number of hydrogen-bond acceptors (Lipinski definition) is 4. The van der Waals surface area contributed by atoms with Crippen LogP contribution in [0.2, 0.25) is 0 Å². The Bertz CT molecular complexity index is 403. The standard InChI is InChI=1S/C15H24N2O2/c1-3-12-4-5-15(19-2)13(10-12)14(11-18)17-8-6-16-7-9-17/h4-5,10,14,16,18H,3,6-9,11H2,1-2H3. The molecule has 1 unspecified atom stereocenters. The highest BCUT2D eigenvalue weighted by atomic mass is 16.5. The molecule has 106 valence electrons. The van der Waals surface area contributed by atoms with Gasteiger partial charge in [-0.25, -0.2) is 0 Å². The Labute approximate surface area is 115 Å². The van der Waals surface area contributed by atoms with Crippen LogP contribution in [-0.2, 0) is 6.42 Å². The quantitative estimate of drug-likeness (QED) is 0.839. The van der Waals surface area contributed by atoms with Crippen molar-refractivity contribution in [1.29, 1.82) is 0 Å². The van der Waals surface area contributed by atoms with Gasteiger partial charge in [0.1, 0.15) is 5.75 Å². The van der Waals surface area contributed by atoms with Gasteiger partial charge >= 0.3 is 0 Å². The normalized spacial score (nSPS) is 18.3. The summed E-state index contributed by atoms with van der Waals surface area (Å²) in [4.78, 5) is 2.33. The lowest BCUT2D eigenvalue weighted by Gasteiger charge is -2.34. The fraction of sp³-hybridized carbons (Fsp3) is 0.600. The van der Waals surface area contributed by atoms with Crippen molar-refractivity contribution < 1.29 is 9.84 Å². The van der Waals surface area contributed by atoms with Gasteiger partial charge in [0.2, 0.25) is 0 Å². The average Bonchev–Trinajstić information content (AvgIpc) is 2.49. The summed E-state index contributed by atoms with van der Waals surface area (Å²) in [5.41, 5.74) is 2.38. The lowest BCUT2D eigenvalue weighted by atomic mass is 10.00. The van der Waals surface area contributed by atoms with Crippen molar-refractivity contribution in [3.8, 4) is 5.75 Å². The molecule has 0 spiro atoms. The molecule has 1 saturated heterocycles. The molecular formula is C15H24N2O2. The predicted molar refractivity (Wildman–Crippen MR) is 76.6 cm³/mol. The van der Waals surface area contributed by atoms with Gasteiger partial charge in [0, 0.05) is 31.7 Å². The van der Waals surface area contributed by atoms with Crippen molar-refractivity contribution in [3.05, 3.63) is 29.3 Å². The highest BCUT2D eigenvalue weighted by Gasteiger charge is 2.24. The molecular weight excluding hydrogens is 240 g/mol. The van der Waals surface area contributed by atoms with E-state index in [0.717, 1.165) is 43.9 Å². The van der Waals surface area contributed by atoms with E-state index in [1.807, 2.05) is 6.07 Å². The Morgan fingerprint density at radius 1 is 1.37 bits per heavy atom. The molecule has 0 radical (unpaired) electrons. The van der Waals surface area contributed by atoms with Crippen LogP contribution in [0.3, 0.4) is 0 Å². The number of piperazine rings is 1. The number of methoxy groups -OCH3 is 1. The smallest absolute Gasteiger partial charge is 0.123 e. The Hall–Kier alpha value is -1.10. The van der Waals surface area contributed by atoms with Crippen LogP contribution in [0.25, 0.3) is 0 Å². The first-order valence-corrected chi connectivity index (χ1v) is 7.02. The molecule has 4 heteroatoms. The van der Waals surface area contributed by atoms with Crippen molar-refractivity contribution in [2.45, 2.75) is 19.4 Å². The van der Waals surface area contributed by atoms with Gasteiger partial charge in [0.15, 0.2) is 0 Å². The third kappa shape index (κ3) is 3.26. The molecule has 4 nitrogen and oxygen atoms in total. The molecule has 0 amide bonds. The zero-order valence-corrected chi connectivity index (χ0v) is 11.9. The lowest BCUT2D eigenvalue weighted by Crippen LogP contribution is -2.46. The fourth-order valence-corrected chi connectivity index (χ4v) is 2.67. The second kappa shape index (κ2) is 6.89. The van der Waals surface area contributed by atoms with Gasteiger partial charge in [0.25, 0.3) is 0 Å².